The van der Waals surface area contributed by atoms with Gasteiger partial charge in [-0.25, -0.2) is 9.48 Å². The molecule has 0 unspecified atom stereocenters. The van der Waals surface area contributed by atoms with Gasteiger partial charge in [-0.3, -0.25) is 9.78 Å². The molecular weight excluding hydrogens is 292 g/mol. The summed E-state index contributed by atoms with van der Waals surface area (Å²) in [4.78, 5) is 27.2. The van der Waals surface area contributed by atoms with Gasteiger partial charge < -0.3 is 4.98 Å². The fourth-order valence-corrected chi connectivity index (χ4v) is 2.06. The Hall–Kier alpha value is -2.81. The molecule has 0 spiro atoms. The summed E-state index contributed by atoms with van der Waals surface area (Å²) in [5, 5.41) is 7.90. The van der Waals surface area contributed by atoms with Crippen molar-refractivity contribution in [2.45, 2.75) is 6.54 Å². The molecule has 0 aliphatic carbocycles. The molecule has 3 rings (SSSR count). The third-order valence-electron chi connectivity index (χ3n) is 2.86. The Labute approximate surface area is 122 Å². The van der Waals surface area contributed by atoms with Crippen LogP contribution in [-0.2, 0) is 6.54 Å². The molecule has 0 bridgehead atoms. The van der Waals surface area contributed by atoms with Gasteiger partial charge in [0.1, 0.15) is 0 Å². The maximum atomic E-state index is 11.7. The fourth-order valence-electron chi connectivity index (χ4n) is 1.82. The molecule has 0 saturated heterocycles. The molecule has 9 heteroatoms. The Balaban J connectivity index is 1.98. The molecule has 0 aliphatic heterocycles. The van der Waals surface area contributed by atoms with E-state index in [4.69, 9.17) is 12.2 Å². The van der Waals surface area contributed by atoms with Crippen molar-refractivity contribution >= 4 is 12.2 Å². The predicted octanol–water partition coefficient (Wildman–Crippen LogP) is 0.223. The topological polar surface area (TPSA) is 101 Å². The van der Waals surface area contributed by atoms with Crippen LogP contribution < -0.4 is 11.2 Å². The number of nitrogens with one attached hydrogen (secondary N) is 2. The van der Waals surface area contributed by atoms with Gasteiger partial charge in [0.15, 0.2) is 0 Å². The molecule has 21 heavy (non-hydrogen) atoms. The summed E-state index contributed by atoms with van der Waals surface area (Å²) >= 11 is 5.29. The second-order valence-electron chi connectivity index (χ2n) is 4.26. The molecule has 0 saturated carbocycles. The summed E-state index contributed by atoms with van der Waals surface area (Å²) in [6.45, 7) is 0.123. The van der Waals surface area contributed by atoms with Gasteiger partial charge in [0.05, 0.1) is 17.8 Å². The third-order valence-corrected chi connectivity index (χ3v) is 3.24. The van der Waals surface area contributed by atoms with Crippen molar-refractivity contribution in [2.24, 2.45) is 0 Å². The number of rotatable bonds is 3. The van der Waals surface area contributed by atoms with Crippen LogP contribution in [0, 0.1) is 4.77 Å². The molecule has 0 fully saturated rings. The van der Waals surface area contributed by atoms with E-state index in [1.165, 1.54) is 15.6 Å². The van der Waals surface area contributed by atoms with Gasteiger partial charge in [-0.2, -0.15) is 4.68 Å². The molecule has 0 aliphatic rings. The number of nitrogens with zero attached hydrogens (tertiary/aromatic N) is 4. The van der Waals surface area contributed by atoms with Crippen molar-refractivity contribution in [3.05, 3.63) is 67.7 Å². The molecular formula is C12H10N6O2S. The number of para-hydroxylation sites is 1. The third kappa shape index (κ3) is 2.58. The largest absolute Gasteiger partial charge is 0.325 e. The van der Waals surface area contributed by atoms with E-state index in [0.717, 1.165) is 5.69 Å². The second-order valence-corrected chi connectivity index (χ2v) is 4.63. The van der Waals surface area contributed by atoms with Gasteiger partial charge in [0.2, 0.25) is 4.77 Å². The Morgan fingerprint density at radius 3 is 2.62 bits per heavy atom. The Kier molecular flexibility index (Phi) is 3.32. The number of aromatic amines is 2. The van der Waals surface area contributed by atoms with Crippen molar-refractivity contribution in [3.63, 3.8) is 0 Å². The van der Waals surface area contributed by atoms with Crippen LogP contribution in [0.25, 0.3) is 5.69 Å². The summed E-state index contributed by atoms with van der Waals surface area (Å²) < 4.78 is 3.26. The molecule has 106 valence electrons. The highest BCUT2D eigenvalue weighted by Gasteiger charge is 2.08. The van der Waals surface area contributed by atoms with Crippen LogP contribution in [0.5, 0.6) is 0 Å². The number of benzene rings is 1. The zero-order valence-corrected chi connectivity index (χ0v) is 11.5. The van der Waals surface area contributed by atoms with Crippen LogP contribution in [0.3, 0.4) is 0 Å². The first kappa shape index (κ1) is 13.2. The van der Waals surface area contributed by atoms with Gasteiger partial charge in [0, 0.05) is 6.20 Å². The number of tetrazole rings is 1. The van der Waals surface area contributed by atoms with Crippen LogP contribution >= 0.6 is 12.2 Å². The summed E-state index contributed by atoms with van der Waals surface area (Å²) in [5.41, 5.74) is 0.0881. The van der Waals surface area contributed by atoms with E-state index in [1.807, 2.05) is 30.3 Å². The first-order valence-electron chi connectivity index (χ1n) is 6.04. The molecule has 0 radical (unpaired) electrons. The SMILES string of the molecule is O=c1[nH]cc(Cn2nnn(-c3ccccc3)c2=S)c(=O)[nH]1. The standard InChI is InChI=1S/C12H10N6O2S/c19-10-8(6-13-11(20)14-10)7-17-12(21)18(16-15-17)9-4-2-1-3-5-9/h1-6H,7H2,(H2,13,14,19,20). The van der Waals surface area contributed by atoms with E-state index >= 15 is 0 Å². The monoisotopic (exact) mass is 302 g/mol. The van der Waals surface area contributed by atoms with Crippen LogP contribution in [0.2, 0.25) is 0 Å². The predicted molar refractivity (Wildman–Crippen MR) is 77.0 cm³/mol. The van der Waals surface area contributed by atoms with Gasteiger partial charge in [0.25, 0.3) is 5.56 Å². The Morgan fingerprint density at radius 1 is 1.14 bits per heavy atom. The van der Waals surface area contributed by atoms with Crippen LogP contribution in [0.4, 0.5) is 0 Å². The van der Waals surface area contributed by atoms with Crippen LogP contribution in [-0.4, -0.2) is 29.8 Å². The van der Waals surface area contributed by atoms with E-state index in [-0.39, 0.29) is 6.54 Å². The lowest BCUT2D eigenvalue weighted by Crippen LogP contribution is -2.26. The number of H-pyrrole nitrogens is 2. The van der Waals surface area contributed by atoms with Crippen molar-refractivity contribution in [2.75, 3.05) is 0 Å². The summed E-state index contributed by atoms with van der Waals surface area (Å²) in [6, 6.07) is 9.31. The van der Waals surface area contributed by atoms with Gasteiger partial charge >= 0.3 is 5.69 Å². The Morgan fingerprint density at radius 2 is 1.90 bits per heavy atom. The first-order chi connectivity index (χ1) is 10.1. The highest BCUT2D eigenvalue weighted by atomic mass is 32.1. The zero-order valence-electron chi connectivity index (χ0n) is 10.7. The summed E-state index contributed by atoms with van der Waals surface area (Å²) in [6.07, 6.45) is 1.34. The summed E-state index contributed by atoms with van der Waals surface area (Å²) in [5.74, 6) is 0. The molecule has 0 amide bonds. The smallest absolute Gasteiger partial charge is 0.314 e. The van der Waals surface area contributed by atoms with Crippen molar-refractivity contribution in [1.82, 2.24) is 29.8 Å². The molecule has 2 heterocycles. The maximum absolute atomic E-state index is 11.7. The zero-order chi connectivity index (χ0) is 14.8. The average Bonchev–Trinajstić information content (AvgIpc) is 2.84. The minimum atomic E-state index is -0.555. The maximum Gasteiger partial charge on any atom is 0.325 e. The molecule has 3 aromatic rings. The van der Waals surface area contributed by atoms with Crippen LogP contribution in [0.15, 0.2) is 46.1 Å². The normalized spacial score (nSPS) is 10.7. The number of hydrogen-bond acceptors (Lipinski definition) is 5. The second kappa shape index (κ2) is 5.29. The minimum Gasteiger partial charge on any atom is -0.314 e. The fraction of sp³-hybridized carbons (Fsp3) is 0.0833. The van der Waals surface area contributed by atoms with Gasteiger partial charge in [-0.15, -0.1) is 0 Å². The quantitative estimate of drug-likeness (QED) is 0.674. The molecule has 8 nitrogen and oxygen atoms in total. The van der Waals surface area contributed by atoms with E-state index in [2.05, 4.69) is 20.4 Å². The number of aromatic nitrogens is 6. The highest BCUT2D eigenvalue weighted by Crippen LogP contribution is 2.06. The first-order valence-corrected chi connectivity index (χ1v) is 6.45. The molecule has 2 N–H and O–H groups in total. The highest BCUT2D eigenvalue weighted by molar-refractivity contribution is 7.71. The van der Waals surface area contributed by atoms with E-state index in [0.29, 0.717) is 10.3 Å². The molecule has 0 atom stereocenters. The van der Waals surface area contributed by atoms with Gasteiger partial charge in [-0.1, -0.05) is 18.2 Å². The van der Waals surface area contributed by atoms with Gasteiger partial charge in [-0.05, 0) is 34.8 Å². The van der Waals surface area contributed by atoms with E-state index in [9.17, 15) is 9.59 Å². The van der Waals surface area contributed by atoms with Crippen molar-refractivity contribution in [3.8, 4) is 5.69 Å². The Bertz CT molecular complexity index is 936. The van der Waals surface area contributed by atoms with E-state index in [1.54, 1.807) is 0 Å². The van der Waals surface area contributed by atoms with Crippen molar-refractivity contribution in [1.29, 1.82) is 0 Å². The van der Waals surface area contributed by atoms with Crippen LogP contribution in [0.1, 0.15) is 5.56 Å². The van der Waals surface area contributed by atoms with E-state index < -0.39 is 11.2 Å². The lowest BCUT2D eigenvalue weighted by molar-refractivity contribution is 0.633. The lowest BCUT2D eigenvalue weighted by Gasteiger charge is -2.00. The van der Waals surface area contributed by atoms with Crippen molar-refractivity contribution < 1.29 is 0 Å². The average molecular weight is 302 g/mol. The molecule has 2 aromatic heterocycles. The minimum absolute atomic E-state index is 0.123. The molecule has 1 aromatic carbocycles. The lowest BCUT2D eigenvalue weighted by atomic mass is 10.3. The number of hydrogen-bond donors (Lipinski definition) is 2. The summed E-state index contributed by atoms with van der Waals surface area (Å²) in [7, 11) is 0.